The molecule has 2 heterocycles. The van der Waals surface area contributed by atoms with Gasteiger partial charge in [0.25, 0.3) is 11.5 Å². The average molecular weight is 632 g/mol. The van der Waals surface area contributed by atoms with Crippen molar-refractivity contribution in [1.82, 2.24) is 4.57 Å². The molecule has 9 nitrogen and oxygen atoms in total. The van der Waals surface area contributed by atoms with E-state index in [0.29, 0.717) is 48.4 Å². The molecule has 1 aliphatic rings. The summed E-state index contributed by atoms with van der Waals surface area (Å²) in [7, 11) is 1.50. The third-order valence-electron chi connectivity index (χ3n) is 6.90. The van der Waals surface area contributed by atoms with Crippen molar-refractivity contribution >= 4 is 46.6 Å². The summed E-state index contributed by atoms with van der Waals surface area (Å²) in [5.74, 6) is -0.102. The number of ether oxygens (including phenoxy) is 3. The second-order valence-electron chi connectivity index (χ2n) is 9.94. The number of allylic oxidation sites excluding steroid dienone is 1. The first kappa shape index (κ1) is 30.8. The molecule has 1 atom stereocenters. The molecule has 0 saturated heterocycles. The average Bonchev–Trinajstić information content (AvgIpc) is 3.31. The van der Waals surface area contributed by atoms with Crippen LogP contribution in [0.5, 0.6) is 11.5 Å². The van der Waals surface area contributed by atoms with Crippen LogP contribution in [0.2, 0.25) is 5.02 Å². The van der Waals surface area contributed by atoms with Crippen molar-refractivity contribution < 1.29 is 23.8 Å². The molecule has 0 unspecified atom stereocenters. The minimum absolute atomic E-state index is 0.175. The van der Waals surface area contributed by atoms with Gasteiger partial charge in [-0.05, 0) is 68.3 Å². The van der Waals surface area contributed by atoms with E-state index in [9.17, 15) is 14.4 Å². The zero-order chi connectivity index (χ0) is 31.4. The van der Waals surface area contributed by atoms with Gasteiger partial charge in [-0.15, -0.1) is 0 Å². The summed E-state index contributed by atoms with van der Waals surface area (Å²) in [6.07, 6.45) is 1.72. The number of nitrogens with zero attached hydrogens (tertiary/aromatic N) is 2. The van der Waals surface area contributed by atoms with E-state index < -0.39 is 12.0 Å². The summed E-state index contributed by atoms with van der Waals surface area (Å²) in [6, 6.07) is 18.9. The number of methoxy groups -OCH3 is 1. The summed E-state index contributed by atoms with van der Waals surface area (Å²) in [4.78, 5) is 44.4. The molecule has 11 heteroatoms. The zero-order valence-corrected chi connectivity index (χ0v) is 26.1. The van der Waals surface area contributed by atoms with Gasteiger partial charge >= 0.3 is 5.97 Å². The Kier molecular flexibility index (Phi) is 9.32. The van der Waals surface area contributed by atoms with Crippen LogP contribution in [0.3, 0.4) is 0 Å². The fourth-order valence-corrected chi connectivity index (χ4v) is 6.09. The fourth-order valence-electron chi connectivity index (χ4n) is 4.80. The van der Waals surface area contributed by atoms with E-state index in [4.69, 9.17) is 25.8 Å². The molecule has 0 aliphatic carbocycles. The summed E-state index contributed by atoms with van der Waals surface area (Å²) in [6.45, 7) is 5.37. The van der Waals surface area contributed by atoms with Crippen LogP contribution >= 0.6 is 22.9 Å². The van der Waals surface area contributed by atoms with Gasteiger partial charge in [0.15, 0.2) is 22.9 Å². The highest BCUT2D eigenvalue weighted by molar-refractivity contribution is 7.07. The van der Waals surface area contributed by atoms with Crippen molar-refractivity contribution in [2.24, 2.45) is 4.99 Å². The monoisotopic (exact) mass is 631 g/mol. The Labute approximate surface area is 262 Å². The molecule has 1 aliphatic heterocycles. The number of benzene rings is 3. The second kappa shape index (κ2) is 13.3. The molecule has 226 valence electrons. The number of thiazole rings is 1. The highest BCUT2D eigenvalue weighted by atomic mass is 35.5. The molecule has 0 fully saturated rings. The lowest BCUT2D eigenvalue weighted by atomic mass is 9.96. The van der Waals surface area contributed by atoms with Crippen LogP contribution in [0.4, 0.5) is 5.69 Å². The van der Waals surface area contributed by atoms with Gasteiger partial charge in [0.1, 0.15) is 6.04 Å². The second-order valence-corrected chi connectivity index (χ2v) is 11.4. The molecule has 0 saturated carbocycles. The van der Waals surface area contributed by atoms with Gasteiger partial charge in [-0.2, -0.15) is 0 Å². The van der Waals surface area contributed by atoms with E-state index in [0.717, 1.165) is 5.56 Å². The Morgan fingerprint density at radius 3 is 2.52 bits per heavy atom. The van der Waals surface area contributed by atoms with E-state index in [-0.39, 0.29) is 30.3 Å². The number of fused-ring (bicyclic) bond motifs is 1. The molecule has 1 N–H and O–H groups in total. The van der Waals surface area contributed by atoms with E-state index in [1.54, 1.807) is 62.4 Å². The fraction of sp³-hybridized carbons (Fsp3) is 0.212. The highest BCUT2D eigenvalue weighted by Gasteiger charge is 2.34. The molecule has 5 rings (SSSR count). The minimum Gasteiger partial charge on any atom is -0.493 e. The third kappa shape index (κ3) is 6.46. The van der Waals surface area contributed by atoms with Crippen molar-refractivity contribution in [2.75, 3.05) is 25.6 Å². The SMILES string of the molecule is CCOC(=O)C1=C(C)N=c2s/c(=C\c3ccc(OCC(=O)Nc4ccc(C)cc4)c(OC)c3)c(=O)n2[C@H]1c1ccccc1Cl. The maximum absolute atomic E-state index is 13.9. The molecule has 44 heavy (non-hydrogen) atoms. The number of amides is 1. The van der Waals surface area contributed by atoms with Crippen LogP contribution < -0.4 is 29.7 Å². The molecule has 1 aromatic heterocycles. The van der Waals surface area contributed by atoms with Gasteiger partial charge in [-0.3, -0.25) is 14.2 Å². The highest BCUT2D eigenvalue weighted by Crippen LogP contribution is 2.34. The van der Waals surface area contributed by atoms with Crippen molar-refractivity contribution in [1.29, 1.82) is 0 Å². The molecule has 4 aromatic rings. The van der Waals surface area contributed by atoms with Crippen molar-refractivity contribution in [2.45, 2.75) is 26.8 Å². The van der Waals surface area contributed by atoms with Crippen LogP contribution in [-0.4, -0.2) is 36.8 Å². The van der Waals surface area contributed by atoms with Crippen molar-refractivity contribution in [3.63, 3.8) is 0 Å². The molecule has 0 bridgehead atoms. The summed E-state index contributed by atoms with van der Waals surface area (Å²) in [5, 5.41) is 3.21. The lowest BCUT2D eigenvalue weighted by molar-refractivity contribution is -0.139. The first-order chi connectivity index (χ1) is 21.2. The maximum Gasteiger partial charge on any atom is 0.338 e. The summed E-state index contributed by atoms with van der Waals surface area (Å²) < 4.78 is 18.5. The molecular formula is C33H30ClN3O6S. The van der Waals surface area contributed by atoms with E-state index >= 15 is 0 Å². The number of anilines is 1. The number of carbonyl (C=O) groups is 2. The Bertz CT molecular complexity index is 1950. The Morgan fingerprint density at radius 2 is 1.82 bits per heavy atom. The van der Waals surface area contributed by atoms with Crippen LogP contribution in [0.15, 0.2) is 87.8 Å². The Hall–Kier alpha value is -4.67. The van der Waals surface area contributed by atoms with Crippen LogP contribution in [0, 0.1) is 6.92 Å². The number of aromatic nitrogens is 1. The van der Waals surface area contributed by atoms with Crippen molar-refractivity contribution in [3.8, 4) is 11.5 Å². The van der Waals surface area contributed by atoms with Gasteiger partial charge < -0.3 is 19.5 Å². The molecular weight excluding hydrogens is 602 g/mol. The molecule has 1 amide bonds. The van der Waals surface area contributed by atoms with Gasteiger partial charge in [0.05, 0.1) is 29.5 Å². The number of hydrogen-bond donors (Lipinski definition) is 1. The van der Waals surface area contributed by atoms with Crippen LogP contribution in [-0.2, 0) is 14.3 Å². The van der Waals surface area contributed by atoms with E-state index in [2.05, 4.69) is 10.3 Å². The quantitative estimate of drug-likeness (QED) is 0.266. The smallest absolute Gasteiger partial charge is 0.338 e. The Balaban J connectivity index is 1.46. The largest absolute Gasteiger partial charge is 0.493 e. The van der Waals surface area contributed by atoms with Crippen LogP contribution in [0.1, 0.15) is 36.6 Å². The summed E-state index contributed by atoms with van der Waals surface area (Å²) >= 11 is 7.77. The summed E-state index contributed by atoms with van der Waals surface area (Å²) in [5.41, 5.74) is 3.40. The third-order valence-corrected chi connectivity index (χ3v) is 8.22. The van der Waals surface area contributed by atoms with Crippen molar-refractivity contribution in [3.05, 3.63) is 119 Å². The molecule has 3 aromatic carbocycles. The lowest BCUT2D eigenvalue weighted by Crippen LogP contribution is -2.40. The first-order valence-corrected chi connectivity index (χ1v) is 15.0. The maximum atomic E-state index is 13.9. The van der Waals surface area contributed by atoms with E-state index in [1.807, 2.05) is 31.2 Å². The van der Waals surface area contributed by atoms with Gasteiger partial charge in [0.2, 0.25) is 0 Å². The number of halogens is 1. The lowest BCUT2D eigenvalue weighted by Gasteiger charge is -2.25. The number of esters is 1. The number of rotatable bonds is 9. The zero-order valence-electron chi connectivity index (χ0n) is 24.5. The van der Waals surface area contributed by atoms with E-state index in [1.165, 1.54) is 23.0 Å². The topological polar surface area (TPSA) is 108 Å². The predicted octanol–water partition coefficient (Wildman–Crippen LogP) is 4.79. The minimum atomic E-state index is -0.808. The number of nitrogens with one attached hydrogen (secondary N) is 1. The molecule has 0 spiro atoms. The predicted molar refractivity (Wildman–Crippen MR) is 170 cm³/mol. The molecule has 0 radical (unpaired) electrons. The van der Waals surface area contributed by atoms with Gasteiger partial charge in [-0.25, -0.2) is 9.79 Å². The normalized spacial score (nSPS) is 14.5. The van der Waals surface area contributed by atoms with Gasteiger partial charge in [0, 0.05) is 10.7 Å². The van der Waals surface area contributed by atoms with Crippen LogP contribution in [0.25, 0.3) is 6.08 Å². The Morgan fingerprint density at radius 1 is 1.07 bits per heavy atom. The number of aryl methyl sites for hydroxylation is 1. The standard InChI is InChI=1S/C33H30ClN3O6S/c1-5-42-32(40)29-20(3)35-33-37(30(29)23-8-6-7-9-24(23)34)31(39)27(44-33)17-21-12-15-25(26(16-21)41-4)43-18-28(38)36-22-13-10-19(2)11-14-22/h6-17,30H,5,18H2,1-4H3,(H,36,38)/b27-17-/t30-/m0/s1. The van der Waals surface area contributed by atoms with Gasteiger partial charge in [-0.1, -0.05) is 64.9 Å². The number of carbonyl (C=O) groups excluding carboxylic acids is 2. The number of hydrogen-bond acceptors (Lipinski definition) is 8. The first-order valence-electron chi connectivity index (χ1n) is 13.8.